The highest BCUT2D eigenvalue weighted by molar-refractivity contribution is 6.35. The van der Waals surface area contributed by atoms with Gasteiger partial charge >= 0.3 is 6.18 Å². The lowest BCUT2D eigenvalue weighted by atomic mass is 9.96. The Morgan fingerprint density at radius 2 is 1.63 bits per heavy atom. The van der Waals surface area contributed by atoms with E-state index in [1.54, 1.807) is 35.0 Å². The lowest BCUT2D eigenvalue weighted by molar-refractivity contribution is -0.165. The lowest BCUT2D eigenvalue weighted by Gasteiger charge is -2.14. The van der Waals surface area contributed by atoms with Gasteiger partial charge in [-0.1, -0.05) is 60.8 Å². The molecule has 1 saturated carbocycles. The highest BCUT2D eigenvalue weighted by Gasteiger charge is 2.68. The van der Waals surface area contributed by atoms with Crippen LogP contribution in [-0.2, 0) is 5.41 Å². The summed E-state index contributed by atoms with van der Waals surface area (Å²) in [5.41, 5.74) is 0.891. The van der Waals surface area contributed by atoms with Crippen LogP contribution in [0.15, 0.2) is 46.9 Å². The Morgan fingerprint density at radius 1 is 0.971 bits per heavy atom. The van der Waals surface area contributed by atoms with E-state index in [0.717, 1.165) is 5.56 Å². The first-order valence-electron chi connectivity index (χ1n) is 10.8. The van der Waals surface area contributed by atoms with Crippen LogP contribution in [0.3, 0.4) is 0 Å². The van der Waals surface area contributed by atoms with Crippen LogP contribution in [0.5, 0.6) is 0 Å². The van der Waals surface area contributed by atoms with Crippen molar-refractivity contribution < 1.29 is 17.6 Å². The van der Waals surface area contributed by atoms with E-state index in [1.165, 1.54) is 0 Å². The summed E-state index contributed by atoms with van der Waals surface area (Å²) in [5, 5.41) is 13.8. The van der Waals surface area contributed by atoms with E-state index < -0.39 is 17.5 Å². The topological polar surface area (TPSA) is 56.7 Å². The number of benzene rings is 2. The summed E-state index contributed by atoms with van der Waals surface area (Å²) in [5.74, 6) is -0.636. The average Bonchev–Trinajstić information content (AvgIpc) is 3.30. The third-order valence-corrected chi connectivity index (χ3v) is 6.87. The first kappa shape index (κ1) is 24.2. The van der Waals surface area contributed by atoms with Gasteiger partial charge in [-0.25, -0.2) is 4.68 Å². The Balaban J connectivity index is 1.75. The number of hydrogen-bond donors (Lipinski definition) is 0. The van der Waals surface area contributed by atoms with Crippen LogP contribution in [0.4, 0.5) is 13.2 Å². The Labute approximate surface area is 213 Å². The van der Waals surface area contributed by atoms with Crippen molar-refractivity contribution in [3.8, 4) is 28.5 Å². The van der Waals surface area contributed by atoms with Gasteiger partial charge in [-0.05, 0) is 49.1 Å². The highest BCUT2D eigenvalue weighted by Crippen LogP contribution is 2.58. The number of aromatic nitrogens is 4. The quantitative estimate of drug-likeness (QED) is 0.255. The van der Waals surface area contributed by atoms with Crippen molar-refractivity contribution in [1.82, 2.24) is 20.0 Å². The van der Waals surface area contributed by atoms with Crippen molar-refractivity contribution in [3.05, 3.63) is 69.0 Å². The predicted octanol–water partition coefficient (Wildman–Crippen LogP) is 8.27. The molecule has 35 heavy (non-hydrogen) atoms. The summed E-state index contributed by atoms with van der Waals surface area (Å²) in [6, 6.07) is 12.1. The standard InChI is InChI=1S/C24H18Cl3F3N4O/c1-12(2)18-19(21-31-32-22(35-21)23(9-10-23)24(28,29)30)33-34(17-8-7-15(26)11-16(17)27)20(18)13-3-5-14(25)6-4-13/h3-8,11-12H,9-10H2,1-2H3. The molecule has 0 amide bonds. The van der Waals surface area contributed by atoms with E-state index in [4.69, 9.17) is 44.3 Å². The molecule has 11 heteroatoms. The fourth-order valence-corrected chi connectivity index (χ4v) is 4.72. The molecule has 0 N–H and O–H groups in total. The Bertz CT molecular complexity index is 1410. The molecule has 0 spiro atoms. The monoisotopic (exact) mass is 540 g/mol. The van der Waals surface area contributed by atoms with Crippen LogP contribution in [-0.4, -0.2) is 26.2 Å². The molecule has 2 aromatic carbocycles. The number of nitrogens with zero attached hydrogens (tertiary/aromatic N) is 4. The third-order valence-electron chi connectivity index (χ3n) is 6.08. The van der Waals surface area contributed by atoms with Crippen LogP contribution < -0.4 is 0 Å². The Morgan fingerprint density at radius 3 is 2.20 bits per heavy atom. The number of rotatable bonds is 5. The van der Waals surface area contributed by atoms with Gasteiger partial charge in [-0.3, -0.25) is 0 Å². The minimum atomic E-state index is -4.47. The van der Waals surface area contributed by atoms with Crippen molar-refractivity contribution in [2.24, 2.45) is 0 Å². The molecular formula is C24H18Cl3F3N4O. The second-order valence-corrected chi connectivity index (χ2v) is 10.1. The molecule has 4 aromatic rings. The molecule has 0 atom stereocenters. The summed E-state index contributed by atoms with van der Waals surface area (Å²) in [7, 11) is 0. The van der Waals surface area contributed by atoms with Gasteiger partial charge in [0.25, 0.3) is 5.89 Å². The zero-order valence-corrected chi connectivity index (χ0v) is 20.8. The average molecular weight is 542 g/mol. The van der Waals surface area contributed by atoms with Crippen molar-refractivity contribution in [2.45, 2.75) is 44.2 Å². The molecule has 1 aliphatic rings. The molecule has 0 aliphatic heterocycles. The maximum atomic E-state index is 13.6. The fourth-order valence-electron chi connectivity index (χ4n) is 4.10. The van der Waals surface area contributed by atoms with Gasteiger partial charge in [-0.15, -0.1) is 10.2 Å². The molecule has 0 saturated heterocycles. The van der Waals surface area contributed by atoms with Crippen LogP contribution in [0.25, 0.3) is 28.5 Å². The van der Waals surface area contributed by atoms with Gasteiger partial charge in [0, 0.05) is 21.2 Å². The van der Waals surface area contributed by atoms with Crippen LogP contribution >= 0.6 is 34.8 Å². The summed E-state index contributed by atoms with van der Waals surface area (Å²) >= 11 is 18.7. The summed E-state index contributed by atoms with van der Waals surface area (Å²) in [4.78, 5) is 0. The van der Waals surface area contributed by atoms with Crippen molar-refractivity contribution in [1.29, 1.82) is 0 Å². The van der Waals surface area contributed by atoms with Crippen molar-refractivity contribution in [2.75, 3.05) is 0 Å². The van der Waals surface area contributed by atoms with E-state index >= 15 is 0 Å². The SMILES string of the molecule is CC(C)c1c(-c2nnc(C3(C(F)(F)F)CC3)o2)nn(-c2ccc(Cl)cc2Cl)c1-c1ccc(Cl)cc1. The van der Waals surface area contributed by atoms with E-state index in [9.17, 15) is 13.2 Å². The number of alkyl halides is 3. The minimum absolute atomic E-state index is 0.0833. The number of hydrogen-bond acceptors (Lipinski definition) is 4. The molecule has 2 aromatic heterocycles. The third kappa shape index (κ3) is 4.11. The van der Waals surface area contributed by atoms with Gasteiger partial charge in [0.15, 0.2) is 5.69 Å². The summed E-state index contributed by atoms with van der Waals surface area (Å²) in [6.07, 6.45) is -4.64. The summed E-state index contributed by atoms with van der Waals surface area (Å²) < 4.78 is 48.2. The smallest absolute Gasteiger partial charge is 0.403 e. The molecule has 5 rings (SSSR count). The first-order valence-corrected chi connectivity index (χ1v) is 11.9. The predicted molar refractivity (Wildman–Crippen MR) is 128 cm³/mol. The number of halogens is 6. The fraction of sp³-hybridized carbons (Fsp3) is 0.292. The molecule has 182 valence electrons. The van der Waals surface area contributed by atoms with E-state index in [2.05, 4.69) is 10.2 Å². The molecule has 1 fully saturated rings. The van der Waals surface area contributed by atoms with Crippen molar-refractivity contribution in [3.63, 3.8) is 0 Å². The van der Waals surface area contributed by atoms with E-state index in [-0.39, 0.29) is 30.3 Å². The zero-order chi connectivity index (χ0) is 25.1. The Kier molecular flexibility index (Phi) is 5.89. The first-order chi connectivity index (χ1) is 16.5. The molecule has 5 nitrogen and oxygen atoms in total. The molecule has 2 heterocycles. The normalized spacial score (nSPS) is 15.1. The van der Waals surface area contributed by atoms with Gasteiger partial charge in [0.2, 0.25) is 5.89 Å². The maximum absolute atomic E-state index is 13.6. The lowest BCUT2D eigenvalue weighted by Crippen LogP contribution is -2.28. The Hall–Kier alpha value is -2.55. The second kappa shape index (κ2) is 8.54. The highest BCUT2D eigenvalue weighted by atomic mass is 35.5. The summed E-state index contributed by atoms with van der Waals surface area (Å²) in [6.45, 7) is 3.90. The van der Waals surface area contributed by atoms with Gasteiger partial charge < -0.3 is 4.42 Å². The largest absolute Gasteiger partial charge is 0.418 e. The van der Waals surface area contributed by atoms with Crippen LogP contribution in [0, 0.1) is 0 Å². The molecular weight excluding hydrogens is 524 g/mol. The zero-order valence-electron chi connectivity index (χ0n) is 18.5. The molecule has 0 radical (unpaired) electrons. The van der Waals surface area contributed by atoms with E-state index in [0.29, 0.717) is 32.0 Å². The van der Waals surface area contributed by atoms with E-state index in [1.807, 2.05) is 26.0 Å². The van der Waals surface area contributed by atoms with Crippen molar-refractivity contribution >= 4 is 34.8 Å². The van der Waals surface area contributed by atoms with Crippen LogP contribution in [0.1, 0.15) is 44.1 Å². The molecule has 0 unspecified atom stereocenters. The van der Waals surface area contributed by atoms with Gasteiger partial charge in [0.1, 0.15) is 5.41 Å². The second-order valence-electron chi connectivity index (χ2n) is 8.77. The maximum Gasteiger partial charge on any atom is 0.403 e. The molecule has 0 bridgehead atoms. The molecule has 1 aliphatic carbocycles. The minimum Gasteiger partial charge on any atom is -0.418 e. The van der Waals surface area contributed by atoms with Crippen LogP contribution in [0.2, 0.25) is 15.1 Å². The van der Waals surface area contributed by atoms with Gasteiger partial charge in [0.05, 0.1) is 16.4 Å². The van der Waals surface area contributed by atoms with Gasteiger partial charge in [-0.2, -0.15) is 18.3 Å².